The number of carbonyl (C=O) groups excluding carboxylic acids is 1. The maximum absolute atomic E-state index is 11.3. The van der Waals surface area contributed by atoms with Gasteiger partial charge in [-0.05, 0) is 12.1 Å². The second kappa shape index (κ2) is 4.61. The molecule has 6 heteroatoms. The second-order valence-electron chi connectivity index (χ2n) is 3.60. The predicted molar refractivity (Wildman–Crippen MR) is 58.2 cm³/mol. The van der Waals surface area contributed by atoms with Crippen LogP contribution >= 0.6 is 0 Å². The maximum Gasteiger partial charge on any atom is 0.312 e. The van der Waals surface area contributed by atoms with Gasteiger partial charge < -0.3 is 10.4 Å². The Morgan fingerprint density at radius 3 is 2.62 bits per heavy atom. The number of nitro groups is 1. The van der Waals surface area contributed by atoms with Crippen molar-refractivity contribution in [2.24, 2.45) is 5.92 Å². The van der Waals surface area contributed by atoms with Gasteiger partial charge in [-0.1, -0.05) is 13.8 Å². The summed E-state index contributed by atoms with van der Waals surface area (Å²) in [5.74, 6) is -0.875. The summed E-state index contributed by atoms with van der Waals surface area (Å²) in [6.07, 6.45) is 0. The Labute approximate surface area is 92.0 Å². The van der Waals surface area contributed by atoms with E-state index in [-0.39, 0.29) is 11.8 Å². The molecule has 0 atom stereocenters. The first-order valence-corrected chi connectivity index (χ1v) is 4.70. The van der Waals surface area contributed by atoms with Crippen LogP contribution in [0.4, 0.5) is 11.4 Å². The largest absolute Gasteiger partial charge is 0.502 e. The van der Waals surface area contributed by atoms with Crippen LogP contribution in [0.2, 0.25) is 0 Å². The molecule has 0 heterocycles. The summed E-state index contributed by atoms with van der Waals surface area (Å²) in [5, 5.41) is 22.2. The molecule has 0 saturated carbocycles. The molecule has 0 aliphatic heterocycles. The van der Waals surface area contributed by atoms with Crippen molar-refractivity contribution < 1.29 is 14.8 Å². The summed E-state index contributed by atoms with van der Waals surface area (Å²) in [4.78, 5) is 21.2. The molecule has 0 bridgehead atoms. The van der Waals surface area contributed by atoms with E-state index in [1.54, 1.807) is 13.8 Å². The Morgan fingerprint density at radius 2 is 2.12 bits per heavy atom. The number of hydrogen-bond acceptors (Lipinski definition) is 4. The smallest absolute Gasteiger partial charge is 0.312 e. The highest BCUT2D eigenvalue weighted by molar-refractivity contribution is 5.92. The number of amides is 1. The van der Waals surface area contributed by atoms with Crippen LogP contribution in [0, 0.1) is 16.0 Å². The fourth-order valence-corrected chi connectivity index (χ4v) is 1.03. The number of phenols is 1. The normalized spacial score (nSPS) is 10.2. The highest BCUT2D eigenvalue weighted by Gasteiger charge is 2.15. The topological polar surface area (TPSA) is 92.5 Å². The van der Waals surface area contributed by atoms with Crippen LogP contribution in [-0.4, -0.2) is 15.9 Å². The molecule has 16 heavy (non-hydrogen) atoms. The molecule has 0 aliphatic rings. The highest BCUT2D eigenvalue weighted by atomic mass is 16.6. The molecule has 0 aromatic heterocycles. The van der Waals surface area contributed by atoms with E-state index in [1.165, 1.54) is 12.1 Å². The molecule has 0 aliphatic carbocycles. The summed E-state index contributed by atoms with van der Waals surface area (Å²) in [7, 11) is 0. The molecule has 1 aromatic rings. The average molecular weight is 224 g/mol. The molecule has 0 spiro atoms. The van der Waals surface area contributed by atoms with Crippen molar-refractivity contribution in [1.29, 1.82) is 0 Å². The summed E-state index contributed by atoms with van der Waals surface area (Å²) in [5.41, 5.74) is -0.134. The quantitative estimate of drug-likeness (QED) is 0.466. The molecule has 1 amide bonds. The molecule has 2 N–H and O–H groups in total. The third-order valence-corrected chi connectivity index (χ3v) is 1.96. The second-order valence-corrected chi connectivity index (χ2v) is 3.60. The van der Waals surface area contributed by atoms with Crippen LogP contribution in [0.3, 0.4) is 0 Å². The van der Waals surface area contributed by atoms with Gasteiger partial charge in [0, 0.05) is 17.7 Å². The third kappa shape index (κ3) is 2.69. The molecule has 0 fully saturated rings. The van der Waals surface area contributed by atoms with Gasteiger partial charge in [0.1, 0.15) is 0 Å². The predicted octanol–water partition coefficient (Wildman–Crippen LogP) is 1.89. The van der Waals surface area contributed by atoms with Gasteiger partial charge in [0.05, 0.1) is 4.92 Å². The molecule has 1 aromatic carbocycles. The summed E-state index contributed by atoms with van der Waals surface area (Å²) >= 11 is 0. The zero-order chi connectivity index (χ0) is 12.3. The van der Waals surface area contributed by atoms with E-state index < -0.39 is 16.4 Å². The van der Waals surface area contributed by atoms with E-state index in [2.05, 4.69) is 5.32 Å². The summed E-state index contributed by atoms with van der Waals surface area (Å²) in [6.45, 7) is 3.42. The van der Waals surface area contributed by atoms with E-state index in [1.807, 2.05) is 0 Å². The SMILES string of the molecule is CC(C)C(=O)Nc1ccc(O)c([N+](=O)[O-])c1. The van der Waals surface area contributed by atoms with Crippen LogP contribution in [0.1, 0.15) is 13.8 Å². The molecule has 0 radical (unpaired) electrons. The van der Waals surface area contributed by atoms with Gasteiger partial charge in [0.2, 0.25) is 5.91 Å². The lowest BCUT2D eigenvalue weighted by atomic mass is 10.2. The maximum atomic E-state index is 11.3. The number of anilines is 1. The molecular weight excluding hydrogens is 212 g/mol. The van der Waals surface area contributed by atoms with Crippen molar-refractivity contribution in [3.8, 4) is 5.75 Å². The van der Waals surface area contributed by atoms with Gasteiger partial charge >= 0.3 is 5.69 Å². The zero-order valence-corrected chi connectivity index (χ0v) is 8.93. The van der Waals surface area contributed by atoms with Crippen LogP contribution in [-0.2, 0) is 4.79 Å². The van der Waals surface area contributed by atoms with Gasteiger partial charge in [-0.2, -0.15) is 0 Å². The minimum absolute atomic E-state index is 0.215. The summed E-state index contributed by atoms with van der Waals surface area (Å²) < 4.78 is 0. The number of rotatable bonds is 3. The molecule has 6 nitrogen and oxygen atoms in total. The van der Waals surface area contributed by atoms with Gasteiger partial charge in [-0.3, -0.25) is 14.9 Å². The monoisotopic (exact) mass is 224 g/mol. The van der Waals surface area contributed by atoms with Gasteiger partial charge in [-0.15, -0.1) is 0 Å². The molecule has 0 saturated heterocycles. The van der Waals surface area contributed by atoms with Crippen molar-refractivity contribution in [1.82, 2.24) is 0 Å². The van der Waals surface area contributed by atoms with Crippen molar-refractivity contribution in [3.63, 3.8) is 0 Å². The van der Waals surface area contributed by atoms with Crippen molar-refractivity contribution in [2.75, 3.05) is 5.32 Å². The number of carbonyl (C=O) groups is 1. The minimum atomic E-state index is -0.708. The molecule has 1 rings (SSSR count). The molecule has 86 valence electrons. The minimum Gasteiger partial charge on any atom is -0.502 e. The first-order chi connectivity index (χ1) is 7.41. The lowest BCUT2D eigenvalue weighted by Crippen LogP contribution is -2.17. The number of aromatic hydroxyl groups is 1. The van der Waals surface area contributed by atoms with Crippen molar-refractivity contribution >= 4 is 17.3 Å². The van der Waals surface area contributed by atoms with Gasteiger partial charge in [-0.25, -0.2) is 0 Å². The fraction of sp³-hybridized carbons (Fsp3) is 0.300. The Kier molecular flexibility index (Phi) is 3.44. The highest BCUT2D eigenvalue weighted by Crippen LogP contribution is 2.28. The lowest BCUT2D eigenvalue weighted by Gasteiger charge is -2.07. The third-order valence-electron chi connectivity index (χ3n) is 1.96. The van der Waals surface area contributed by atoms with E-state index >= 15 is 0 Å². The number of benzene rings is 1. The van der Waals surface area contributed by atoms with E-state index in [0.717, 1.165) is 6.07 Å². The standard InChI is InChI=1S/C10H12N2O4/c1-6(2)10(14)11-7-3-4-9(13)8(5-7)12(15)16/h3-6,13H,1-2H3,(H,11,14). The lowest BCUT2D eigenvalue weighted by molar-refractivity contribution is -0.385. The zero-order valence-electron chi connectivity index (χ0n) is 8.93. The number of nitrogens with one attached hydrogen (secondary N) is 1. The first kappa shape index (κ1) is 12.0. The van der Waals surface area contributed by atoms with E-state index in [4.69, 9.17) is 0 Å². The fourth-order valence-electron chi connectivity index (χ4n) is 1.03. The summed E-state index contributed by atoms with van der Waals surface area (Å²) in [6, 6.07) is 3.70. The van der Waals surface area contributed by atoms with Crippen molar-refractivity contribution in [3.05, 3.63) is 28.3 Å². The Balaban J connectivity index is 2.95. The Hall–Kier alpha value is -2.11. The molecule has 0 unspecified atom stereocenters. The van der Waals surface area contributed by atoms with E-state index in [0.29, 0.717) is 5.69 Å². The van der Waals surface area contributed by atoms with Crippen LogP contribution < -0.4 is 5.32 Å². The van der Waals surface area contributed by atoms with Gasteiger partial charge in [0.15, 0.2) is 5.75 Å². The Morgan fingerprint density at radius 1 is 1.50 bits per heavy atom. The van der Waals surface area contributed by atoms with Crippen LogP contribution in [0.5, 0.6) is 5.75 Å². The number of hydrogen-bond donors (Lipinski definition) is 2. The van der Waals surface area contributed by atoms with Crippen molar-refractivity contribution in [2.45, 2.75) is 13.8 Å². The molecular formula is C10H12N2O4. The first-order valence-electron chi connectivity index (χ1n) is 4.70. The number of phenolic OH excluding ortho intramolecular Hbond substituents is 1. The van der Waals surface area contributed by atoms with E-state index in [9.17, 15) is 20.0 Å². The number of nitro benzene ring substituents is 1. The average Bonchev–Trinajstić information content (AvgIpc) is 2.20. The Bertz CT molecular complexity index is 429. The van der Waals surface area contributed by atoms with Crippen LogP contribution in [0.15, 0.2) is 18.2 Å². The van der Waals surface area contributed by atoms with Crippen LogP contribution in [0.25, 0.3) is 0 Å². The van der Waals surface area contributed by atoms with Gasteiger partial charge in [0.25, 0.3) is 0 Å². The number of nitrogens with zero attached hydrogens (tertiary/aromatic N) is 1.